The molecular formula is C18H14O. The van der Waals surface area contributed by atoms with Gasteiger partial charge in [-0.3, -0.25) is 4.79 Å². The Balaban J connectivity index is 1.77. The first kappa shape index (κ1) is 10.7. The molecule has 0 spiro atoms. The summed E-state index contributed by atoms with van der Waals surface area (Å²) in [6.07, 6.45) is 2.72. The first-order valence-corrected chi connectivity index (χ1v) is 6.73. The Bertz CT molecular complexity index is 695. The van der Waals surface area contributed by atoms with Gasteiger partial charge in [0.25, 0.3) is 0 Å². The normalized spacial score (nSPS) is 16.7. The minimum absolute atomic E-state index is 0.249. The van der Waals surface area contributed by atoms with Crippen LogP contribution in [0.4, 0.5) is 0 Å². The van der Waals surface area contributed by atoms with Gasteiger partial charge in [0.1, 0.15) is 0 Å². The van der Waals surface area contributed by atoms with Gasteiger partial charge in [0.05, 0.1) is 0 Å². The molecule has 0 saturated carbocycles. The van der Waals surface area contributed by atoms with Crippen LogP contribution in [0.15, 0.2) is 59.7 Å². The third kappa shape index (κ3) is 1.58. The molecule has 1 nitrogen and oxygen atoms in total. The molecule has 2 aromatic carbocycles. The predicted octanol–water partition coefficient (Wildman–Crippen LogP) is 3.52. The van der Waals surface area contributed by atoms with Gasteiger partial charge in [-0.05, 0) is 29.5 Å². The summed E-state index contributed by atoms with van der Waals surface area (Å²) in [4.78, 5) is 12.5. The topological polar surface area (TPSA) is 17.1 Å². The van der Waals surface area contributed by atoms with E-state index in [1.165, 1.54) is 22.3 Å². The zero-order valence-electron chi connectivity index (χ0n) is 10.6. The summed E-state index contributed by atoms with van der Waals surface area (Å²) in [6, 6.07) is 16.5. The maximum atomic E-state index is 12.5. The Morgan fingerprint density at radius 1 is 0.684 bits per heavy atom. The van der Waals surface area contributed by atoms with Crippen LogP contribution in [0.5, 0.6) is 0 Å². The lowest BCUT2D eigenvalue weighted by Gasteiger charge is -2.01. The summed E-state index contributed by atoms with van der Waals surface area (Å²) in [6.45, 7) is 0. The standard InChI is InChI=1S/C18H14O/c19-18-16-8-4-3-7-14(16)11-17(18)15-9-12-5-1-2-6-13(12)10-15/h1-8H,9-11H2. The largest absolute Gasteiger partial charge is 0.289 e. The van der Waals surface area contributed by atoms with Crippen molar-refractivity contribution in [1.29, 1.82) is 0 Å². The van der Waals surface area contributed by atoms with E-state index in [1.807, 2.05) is 18.2 Å². The molecular weight excluding hydrogens is 232 g/mol. The van der Waals surface area contributed by atoms with Crippen molar-refractivity contribution >= 4 is 5.78 Å². The molecule has 92 valence electrons. The number of benzene rings is 2. The lowest BCUT2D eigenvalue weighted by atomic mass is 10.0. The van der Waals surface area contributed by atoms with E-state index in [0.29, 0.717) is 0 Å². The summed E-state index contributed by atoms with van der Waals surface area (Å²) in [5.74, 6) is 0.249. The van der Waals surface area contributed by atoms with Gasteiger partial charge in [0.2, 0.25) is 0 Å². The molecule has 0 aromatic heterocycles. The van der Waals surface area contributed by atoms with Crippen LogP contribution < -0.4 is 0 Å². The van der Waals surface area contributed by atoms with E-state index in [-0.39, 0.29) is 5.78 Å². The zero-order chi connectivity index (χ0) is 12.8. The van der Waals surface area contributed by atoms with Crippen LogP contribution in [0.25, 0.3) is 0 Å². The van der Waals surface area contributed by atoms with Gasteiger partial charge in [-0.1, -0.05) is 54.1 Å². The molecule has 2 aromatic rings. The number of allylic oxidation sites excluding steroid dienone is 2. The summed E-state index contributed by atoms with van der Waals surface area (Å²) in [7, 11) is 0. The quantitative estimate of drug-likeness (QED) is 0.650. The van der Waals surface area contributed by atoms with E-state index in [4.69, 9.17) is 0 Å². The maximum Gasteiger partial charge on any atom is 0.189 e. The average Bonchev–Trinajstić information content (AvgIpc) is 3.00. The molecule has 0 fully saturated rings. The smallest absolute Gasteiger partial charge is 0.189 e. The van der Waals surface area contributed by atoms with Crippen LogP contribution in [0.2, 0.25) is 0 Å². The number of Topliss-reactive ketones (excluding diaryl/α,β-unsaturated/α-hetero) is 1. The van der Waals surface area contributed by atoms with Crippen LogP contribution in [0.3, 0.4) is 0 Å². The van der Waals surface area contributed by atoms with E-state index >= 15 is 0 Å². The highest BCUT2D eigenvalue weighted by Gasteiger charge is 2.29. The van der Waals surface area contributed by atoms with E-state index in [2.05, 4.69) is 30.3 Å². The van der Waals surface area contributed by atoms with E-state index in [1.54, 1.807) is 0 Å². The van der Waals surface area contributed by atoms with Gasteiger partial charge in [0, 0.05) is 17.6 Å². The molecule has 0 atom stereocenters. The van der Waals surface area contributed by atoms with Gasteiger partial charge < -0.3 is 0 Å². The van der Waals surface area contributed by atoms with Crippen LogP contribution in [0.1, 0.15) is 27.0 Å². The van der Waals surface area contributed by atoms with Crippen molar-refractivity contribution in [2.24, 2.45) is 0 Å². The first-order chi connectivity index (χ1) is 9.33. The molecule has 0 bridgehead atoms. The van der Waals surface area contributed by atoms with Crippen LogP contribution in [0, 0.1) is 0 Å². The molecule has 2 aliphatic carbocycles. The van der Waals surface area contributed by atoms with Crippen LogP contribution in [-0.2, 0) is 19.3 Å². The van der Waals surface area contributed by atoms with Gasteiger partial charge in [0.15, 0.2) is 5.78 Å². The van der Waals surface area contributed by atoms with Crippen molar-refractivity contribution in [3.63, 3.8) is 0 Å². The SMILES string of the molecule is O=C1C(=C2Cc3ccccc3C2)Cc2ccccc21. The van der Waals surface area contributed by atoms with Crippen molar-refractivity contribution in [3.05, 3.63) is 81.9 Å². The fraction of sp³-hybridized carbons (Fsp3) is 0.167. The number of rotatable bonds is 0. The number of hydrogen-bond acceptors (Lipinski definition) is 1. The Labute approximate surface area is 112 Å². The Kier molecular flexibility index (Phi) is 2.22. The van der Waals surface area contributed by atoms with E-state index in [0.717, 1.165) is 30.4 Å². The van der Waals surface area contributed by atoms with Crippen molar-refractivity contribution in [2.45, 2.75) is 19.3 Å². The minimum atomic E-state index is 0.249. The highest BCUT2D eigenvalue weighted by atomic mass is 16.1. The van der Waals surface area contributed by atoms with Crippen LogP contribution >= 0.6 is 0 Å². The monoisotopic (exact) mass is 246 g/mol. The molecule has 0 saturated heterocycles. The zero-order valence-corrected chi connectivity index (χ0v) is 10.6. The predicted molar refractivity (Wildman–Crippen MR) is 75.4 cm³/mol. The fourth-order valence-corrected chi connectivity index (χ4v) is 3.25. The Morgan fingerprint density at radius 2 is 1.26 bits per heavy atom. The second-order valence-electron chi connectivity index (χ2n) is 5.37. The van der Waals surface area contributed by atoms with Gasteiger partial charge in [-0.2, -0.15) is 0 Å². The van der Waals surface area contributed by atoms with Gasteiger partial charge in [-0.15, -0.1) is 0 Å². The van der Waals surface area contributed by atoms with E-state index in [9.17, 15) is 4.79 Å². The summed E-state index contributed by atoms with van der Waals surface area (Å²) in [5, 5.41) is 0. The third-order valence-corrected chi connectivity index (χ3v) is 4.26. The molecule has 0 radical (unpaired) electrons. The fourth-order valence-electron chi connectivity index (χ4n) is 3.25. The van der Waals surface area contributed by atoms with Crippen LogP contribution in [-0.4, -0.2) is 5.78 Å². The number of ketones is 1. The van der Waals surface area contributed by atoms with E-state index < -0.39 is 0 Å². The maximum absolute atomic E-state index is 12.5. The Hall–Kier alpha value is -2.15. The molecule has 0 aliphatic heterocycles. The second-order valence-corrected chi connectivity index (χ2v) is 5.37. The number of carbonyl (C=O) groups excluding carboxylic acids is 1. The number of carbonyl (C=O) groups is 1. The van der Waals surface area contributed by atoms with Crippen molar-refractivity contribution < 1.29 is 4.79 Å². The van der Waals surface area contributed by atoms with Crippen molar-refractivity contribution in [1.82, 2.24) is 0 Å². The third-order valence-electron chi connectivity index (χ3n) is 4.26. The molecule has 4 rings (SSSR count). The lowest BCUT2D eigenvalue weighted by molar-refractivity contribution is 0.103. The summed E-state index contributed by atoms with van der Waals surface area (Å²) < 4.78 is 0. The summed E-state index contributed by atoms with van der Waals surface area (Å²) >= 11 is 0. The van der Waals surface area contributed by atoms with Crippen molar-refractivity contribution in [2.75, 3.05) is 0 Å². The minimum Gasteiger partial charge on any atom is -0.289 e. The van der Waals surface area contributed by atoms with Gasteiger partial charge in [-0.25, -0.2) is 0 Å². The lowest BCUT2D eigenvalue weighted by Crippen LogP contribution is -2.00. The molecule has 0 unspecified atom stereocenters. The molecule has 2 aliphatic rings. The van der Waals surface area contributed by atoms with Crippen molar-refractivity contribution in [3.8, 4) is 0 Å². The molecule has 0 heterocycles. The highest BCUT2D eigenvalue weighted by Crippen LogP contribution is 2.34. The average molecular weight is 246 g/mol. The highest BCUT2D eigenvalue weighted by molar-refractivity contribution is 6.13. The molecule has 1 heteroatoms. The first-order valence-electron chi connectivity index (χ1n) is 6.73. The number of hydrogen-bond donors (Lipinski definition) is 0. The summed E-state index contributed by atoms with van der Waals surface area (Å²) in [5.41, 5.74) is 7.22. The molecule has 0 N–H and O–H groups in total. The Morgan fingerprint density at radius 3 is 1.89 bits per heavy atom. The molecule has 0 amide bonds. The molecule has 19 heavy (non-hydrogen) atoms. The second kappa shape index (κ2) is 3.92. The number of fused-ring (bicyclic) bond motifs is 2. The van der Waals surface area contributed by atoms with Gasteiger partial charge >= 0.3 is 0 Å².